The normalized spacial score (nSPS) is 12.0. The topological polar surface area (TPSA) is 43.9 Å². The second-order valence-electron chi connectivity index (χ2n) is 11.4. The maximum atomic E-state index is 6.27. The summed E-state index contributed by atoms with van der Waals surface area (Å²) in [4.78, 5) is 10.0. The number of rotatable bonds is 3. The van der Waals surface area contributed by atoms with E-state index in [1.807, 2.05) is 59.9 Å². The summed E-state index contributed by atoms with van der Waals surface area (Å²) in [5, 5.41) is 7.07. The Morgan fingerprint density at radius 1 is 0.511 bits per heavy atom. The lowest BCUT2D eigenvalue weighted by molar-refractivity contribution is 0.653. The van der Waals surface area contributed by atoms with Crippen LogP contribution in [0.5, 0.6) is 0 Å². The fourth-order valence-corrected chi connectivity index (χ4v) is 7.96. The van der Waals surface area contributed by atoms with E-state index in [0.29, 0.717) is 11.5 Å². The molecule has 45 heavy (non-hydrogen) atoms. The molecule has 5 heteroatoms. The van der Waals surface area contributed by atoms with Crippen LogP contribution in [0.15, 0.2) is 144 Å². The van der Waals surface area contributed by atoms with Crippen molar-refractivity contribution < 1.29 is 4.42 Å². The fraction of sp³-hybridized carbons (Fsp3) is 0. The van der Waals surface area contributed by atoms with Crippen LogP contribution < -0.4 is 0 Å². The first-order chi connectivity index (χ1) is 22.3. The Hall–Kier alpha value is -5.78. The van der Waals surface area contributed by atoms with Gasteiger partial charge in [0.1, 0.15) is 5.58 Å². The lowest BCUT2D eigenvalue weighted by Crippen LogP contribution is -1.96. The zero-order valence-corrected chi connectivity index (χ0v) is 24.8. The Kier molecular flexibility index (Phi) is 5.12. The van der Waals surface area contributed by atoms with E-state index in [1.54, 1.807) is 0 Å². The van der Waals surface area contributed by atoms with E-state index in [4.69, 9.17) is 14.4 Å². The molecule has 4 nitrogen and oxygen atoms in total. The van der Waals surface area contributed by atoms with Gasteiger partial charge in [-0.15, -0.1) is 11.3 Å². The van der Waals surface area contributed by atoms with Crippen LogP contribution in [0.4, 0.5) is 0 Å². The molecule has 0 aliphatic carbocycles. The Morgan fingerprint density at radius 2 is 1.24 bits per heavy atom. The van der Waals surface area contributed by atoms with Crippen LogP contribution in [-0.4, -0.2) is 14.5 Å². The van der Waals surface area contributed by atoms with Crippen molar-refractivity contribution in [2.75, 3.05) is 0 Å². The van der Waals surface area contributed by atoms with Gasteiger partial charge in [0.05, 0.1) is 22.1 Å². The lowest BCUT2D eigenvalue weighted by Gasteiger charge is -2.11. The number of hydrogen-bond acceptors (Lipinski definition) is 4. The second kappa shape index (κ2) is 9.36. The molecule has 0 N–H and O–H groups in total. The molecule has 0 saturated heterocycles. The van der Waals surface area contributed by atoms with Crippen LogP contribution in [0.3, 0.4) is 0 Å². The average molecular weight is 594 g/mol. The Morgan fingerprint density at radius 3 is 2.11 bits per heavy atom. The number of aromatic nitrogens is 3. The van der Waals surface area contributed by atoms with Crippen LogP contribution >= 0.6 is 11.3 Å². The summed E-state index contributed by atoms with van der Waals surface area (Å²) in [6.45, 7) is 0. The molecular formula is C40H23N3OS. The van der Waals surface area contributed by atoms with E-state index in [9.17, 15) is 0 Å². The number of hydrogen-bond donors (Lipinski definition) is 0. The van der Waals surface area contributed by atoms with E-state index in [1.165, 1.54) is 42.0 Å². The molecule has 0 saturated carbocycles. The molecule has 0 aliphatic rings. The van der Waals surface area contributed by atoms with Crippen molar-refractivity contribution in [2.24, 2.45) is 0 Å². The van der Waals surface area contributed by atoms with Crippen LogP contribution in [0.2, 0.25) is 0 Å². The van der Waals surface area contributed by atoms with Crippen LogP contribution in [-0.2, 0) is 0 Å². The zero-order chi connectivity index (χ0) is 29.5. The molecule has 210 valence electrons. The molecule has 0 fully saturated rings. The number of para-hydroxylation sites is 2. The minimum atomic E-state index is 0.596. The smallest absolute Gasteiger partial charge is 0.231 e. The summed E-state index contributed by atoms with van der Waals surface area (Å²) >= 11 is 1.86. The van der Waals surface area contributed by atoms with Crippen molar-refractivity contribution in [3.63, 3.8) is 0 Å². The average Bonchev–Trinajstić information content (AvgIpc) is 3.77. The largest absolute Gasteiger partial charge is 0.438 e. The fourth-order valence-electron chi connectivity index (χ4n) is 6.85. The van der Waals surface area contributed by atoms with E-state index >= 15 is 0 Å². The third-order valence-electron chi connectivity index (χ3n) is 8.84. The predicted octanol–water partition coefficient (Wildman–Crippen LogP) is 11.2. The van der Waals surface area contributed by atoms with Crippen molar-refractivity contribution >= 4 is 75.4 Å². The quantitative estimate of drug-likeness (QED) is 0.205. The summed E-state index contributed by atoms with van der Waals surface area (Å²) in [5.41, 5.74) is 7.79. The molecule has 0 aliphatic heterocycles. The van der Waals surface area contributed by atoms with Crippen molar-refractivity contribution in [1.29, 1.82) is 0 Å². The van der Waals surface area contributed by atoms with Gasteiger partial charge in [0.25, 0.3) is 0 Å². The molecule has 10 rings (SSSR count). The van der Waals surface area contributed by atoms with E-state index in [0.717, 1.165) is 38.9 Å². The van der Waals surface area contributed by atoms with Crippen molar-refractivity contribution in [1.82, 2.24) is 14.5 Å². The summed E-state index contributed by atoms with van der Waals surface area (Å²) in [5.74, 6) is 0.648. The lowest BCUT2D eigenvalue weighted by atomic mass is 10.0. The van der Waals surface area contributed by atoms with Crippen LogP contribution in [0.1, 0.15) is 0 Å². The van der Waals surface area contributed by atoms with E-state index in [-0.39, 0.29) is 0 Å². The molecule has 4 heterocycles. The van der Waals surface area contributed by atoms with Gasteiger partial charge < -0.3 is 8.98 Å². The van der Waals surface area contributed by atoms with Crippen molar-refractivity contribution in [2.45, 2.75) is 0 Å². The number of furan rings is 1. The third-order valence-corrected chi connectivity index (χ3v) is 9.98. The minimum absolute atomic E-state index is 0.596. The van der Waals surface area contributed by atoms with E-state index in [2.05, 4.69) is 95.6 Å². The summed E-state index contributed by atoms with van der Waals surface area (Å²) in [7, 11) is 0. The van der Waals surface area contributed by atoms with Crippen LogP contribution in [0, 0.1) is 0 Å². The molecule has 0 bridgehead atoms. The number of nitrogens with zero attached hydrogens (tertiary/aromatic N) is 3. The van der Waals surface area contributed by atoms with Gasteiger partial charge in [-0.05, 0) is 36.4 Å². The third kappa shape index (κ3) is 3.59. The van der Waals surface area contributed by atoms with Gasteiger partial charge in [0, 0.05) is 53.1 Å². The molecule has 0 unspecified atom stereocenters. The molecule has 0 amide bonds. The van der Waals surface area contributed by atoms with E-state index < -0.39 is 0 Å². The molecule has 0 spiro atoms. The van der Waals surface area contributed by atoms with Gasteiger partial charge in [0.15, 0.2) is 5.82 Å². The highest BCUT2D eigenvalue weighted by molar-refractivity contribution is 7.26. The monoisotopic (exact) mass is 593 g/mol. The Bertz CT molecular complexity index is 2750. The summed E-state index contributed by atoms with van der Waals surface area (Å²) < 4.78 is 11.3. The Labute approximate surface area is 261 Å². The number of fused-ring (bicyclic) bond motifs is 10. The highest BCUT2D eigenvalue weighted by Crippen LogP contribution is 2.43. The highest BCUT2D eigenvalue weighted by Gasteiger charge is 2.20. The van der Waals surface area contributed by atoms with Gasteiger partial charge in [-0.25, -0.2) is 4.98 Å². The number of benzene rings is 6. The second-order valence-corrected chi connectivity index (χ2v) is 12.5. The SMILES string of the molecule is c1ccc(-c2nc(-c3ccc(-n4c5ccccc5c5ccc6sc7ccccc7c6c54)cc3)c3c(n2)oc2ccccc23)cc1. The summed E-state index contributed by atoms with van der Waals surface area (Å²) in [6.07, 6.45) is 0. The van der Waals surface area contributed by atoms with Gasteiger partial charge in [-0.1, -0.05) is 103 Å². The van der Waals surface area contributed by atoms with Crippen LogP contribution in [0.25, 0.3) is 92.4 Å². The number of thiophene rings is 1. The summed E-state index contributed by atoms with van der Waals surface area (Å²) in [6, 6.07) is 49.0. The maximum absolute atomic E-state index is 6.27. The molecule has 0 radical (unpaired) electrons. The van der Waals surface area contributed by atoms with Crippen molar-refractivity contribution in [3.8, 4) is 28.3 Å². The Balaban J connectivity index is 1.23. The molecule has 4 aromatic heterocycles. The highest BCUT2D eigenvalue weighted by atomic mass is 32.1. The first-order valence-corrected chi connectivity index (χ1v) is 15.8. The van der Waals surface area contributed by atoms with Crippen molar-refractivity contribution in [3.05, 3.63) is 140 Å². The van der Waals surface area contributed by atoms with Gasteiger partial charge in [-0.2, -0.15) is 4.98 Å². The molecule has 6 aromatic carbocycles. The van der Waals surface area contributed by atoms with Gasteiger partial charge >= 0.3 is 0 Å². The predicted molar refractivity (Wildman–Crippen MR) is 187 cm³/mol. The van der Waals surface area contributed by atoms with Gasteiger partial charge in [0.2, 0.25) is 5.71 Å². The molecule has 0 atom stereocenters. The standard InChI is InChI=1S/C40H23N3OS/c1-2-10-25(11-3-1)39-41-37(36-29-13-5-8-16-32(29)44-40(36)42-39)24-18-20-26(21-19-24)43-31-15-7-4-12-27(31)28-22-23-34-35(38(28)43)30-14-6-9-17-33(30)45-34/h1-23H. The molecule has 10 aromatic rings. The zero-order valence-electron chi connectivity index (χ0n) is 23.9. The first-order valence-electron chi connectivity index (χ1n) is 15.0. The maximum Gasteiger partial charge on any atom is 0.231 e. The van der Waals surface area contributed by atoms with Gasteiger partial charge in [-0.3, -0.25) is 0 Å². The first kappa shape index (κ1) is 24.6. The minimum Gasteiger partial charge on any atom is -0.438 e. The molecular weight excluding hydrogens is 571 g/mol.